The zero-order valence-corrected chi connectivity index (χ0v) is 13.7. The molecule has 0 atom stereocenters. The Morgan fingerprint density at radius 1 is 0.870 bits per heavy atom. The van der Waals surface area contributed by atoms with Crippen LogP contribution in [-0.2, 0) is 0 Å². The summed E-state index contributed by atoms with van der Waals surface area (Å²) < 4.78 is 5.70. The first kappa shape index (κ1) is 17.3. The van der Waals surface area contributed by atoms with Gasteiger partial charge in [-0.25, -0.2) is 4.84 Å². The Hall–Kier alpha value is -2.04. The molecule has 2 N–H and O–H groups in total. The van der Waals surface area contributed by atoms with Crippen LogP contribution in [0.2, 0.25) is 0 Å². The number of rotatable bonds is 9. The molecule has 0 aromatic heterocycles. The van der Waals surface area contributed by atoms with Gasteiger partial charge in [0.25, 0.3) is 5.91 Å². The van der Waals surface area contributed by atoms with E-state index in [1.165, 1.54) is 0 Å². The molecule has 2 aromatic rings. The second-order valence-electron chi connectivity index (χ2n) is 5.14. The van der Waals surface area contributed by atoms with E-state index in [0.29, 0.717) is 17.9 Å². The molecule has 0 bridgehead atoms. The Bertz CT molecular complexity index is 588. The van der Waals surface area contributed by atoms with Crippen LogP contribution in [0.15, 0.2) is 54.6 Å². The van der Waals surface area contributed by atoms with Gasteiger partial charge in [-0.05, 0) is 61.0 Å². The summed E-state index contributed by atoms with van der Waals surface area (Å²) in [5.41, 5.74) is 0.632. The molecule has 0 aliphatic heterocycles. The van der Waals surface area contributed by atoms with Crippen LogP contribution in [0.5, 0.6) is 11.5 Å². The van der Waals surface area contributed by atoms with Crippen LogP contribution in [0.3, 0.4) is 0 Å². The zero-order chi connectivity index (χ0) is 16.3. The van der Waals surface area contributed by atoms with E-state index in [4.69, 9.17) is 16.5 Å². The van der Waals surface area contributed by atoms with E-state index < -0.39 is 0 Å². The Kier molecular flexibility index (Phi) is 7.43. The molecule has 4 nitrogen and oxygen atoms in total. The predicted molar refractivity (Wildman–Crippen MR) is 93.0 cm³/mol. The lowest BCUT2D eigenvalue weighted by atomic mass is 10.2. The number of halogens is 1. The van der Waals surface area contributed by atoms with Crippen LogP contribution in [0.4, 0.5) is 0 Å². The third-order valence-corrected chi connectivity index (χ3v) is 3.52. The van der Waals surface area contributed by atoms with Gasteiger partial charge in [-0.3, -0.25) is 4.79 Å². The van der Waals surface area contributed by atoms with Gasteiger partial charge in [-0.1, -0.05) is 24.6 Å². The van der Waals surface area contributed by atoms with Crippen LogP contribution in [-0.4, -0.2) is 19.0 Å². The normalized spacial score (nSPS) is 10.3. The summed E-state index contributed by atoms with van der Waals surface area (Å²) in [6.45, 7) is 1.46. The first-order valence-electron chi connectivity index (χ1n) is 7.74. The number of ether oxygens (including phenoxy) is 1. The topological polar surface area (TPSA) is 50.4 Å². The number of carbonyl (C=O) groups is 1. The van der Waals surface area contributed by atoms with E-state index in [2.05, 4.69) is 10.2 Å². The fraction of sp³-hybridized carbons (Fsp3) is 0.278. The lowest BCUT2D eigenvalue weighted by Gasteiger charge is -2.07. The second-order valence-corrected chi connectivity index (χ2v) is 5.41. The zero-order valence-electron chi connectivity index (χ0n) is 12.9. The number of amides is 1. The summed E-state index contributed by atoms with van der Waals surface area (Å²) in [6.07, 6.45) is 2.98. The van der Waals surface area contributed by atoms with Crippen molar-refractivity contribution in [2.45, 2.75) is 19.3 Å². The Balaban J connectivity index is 1.76. The summed E-state index contributed by atoms with van der Waals surface area (Å²) >= 11 is 5.38. The highest BCUT2D eigenvalue weighted by Crippen LogP contribution is 2.21. The molecule has 0 aliphatic carbocycles. The van der Waals surface area contributed by atoms with Gasteiger partial charge in [0.1, 0.15) is 11.5 Å². The van der Waals surface area contributed by atoms with E-state index in [1.54, 1.807) is 24.3 Å². The van der Waals surface area contributed by atoms with Crippen molar-refractivity contribution in [1.82, 2.24) is 10.2 Å². The van der Waals surface area contributed by atoms with Crippen LogP contribution < -0.4 is 14.9 Å². The van der Waals surface area contributed by atoms with Crippen LogP contribution in [0.1, 0.15) is 29.6 Å². The highest BCUT2D eigenvalue weighted by atomic mass is 35.5. The SMILES string of the molecule is O=C(NCCCCCNCl)c1ccc(Oc2ccccc2)cc1. The fourth-order valence-corrected chi connectivity index (χ4v) is 2.23. The molecular weight excluding hydrogens is 312 g/mol. The molecular formula is C18H21ClN2O2. The van der Waals surface area contributed by atoms with Gasteiger partial charge in [0, 0.05) is 18.7 Å². The van der Waals surface area contributed by atoms with E-state index in [-0.39, 0.29) is 5.91 Å². The minimum absolute atomic E-state index is 0.0632. The lowest BCUT2D eigenvalue weighted by Crippen LogP contribution is -2.24. The monoisotopic (exact) mass is 332 g/mol. The fourth-order valence-electron chi connectivity index (χ4n) is 2.10. The Morgan fingerprint density at radius 3 is 2.22 bits per heavy atom. The van der Waals surface area contributed by atoms with E-state index in [0.717, 1.165) is 31.6 Å². The number of hydrogen-bond acceptors (Lipinski definition) is 3. The van der Waals surface area contributed by atoms with Crippen LogP contribution in [0.25, 0.3) is 0 Å². The molecule has 23 heavy (non-hydrogen) atoms. The Labute approximate surface area is 141 Å². The van der Waals surface area contributed by atoms with Crippen molar-refractivity contribution in [2.24, 2.45) is 0 Å². The molecule has 0 heterocycles. The number of para-hydroxylation sites is 1. The van der Waals surface area contributed by atoms with Gasteiger partial charge < -0.3 is 10.1 Å². The first-order valence-corrected chi connectivity index (χ1v) is 8.12. The lowest BCUT2D eigenvalue weighted by molar-refractivity contribution is 0.0953. The molecule has 1 amide bonds. The van der Waals surface area contributed by atoms with Crippen molar-refractivity contribution in [3.8, 4) is 11.5 Å². The van der Waals surface area contributed by atoms with E-state index >= 15 is 0 Å². The van der Waals surface area contributed by atoms with Crippen molar-refractivity contribution in [1.29, 1.82) is 0 Å². The van der Waals surface area contributed by atoms with E-state index in [9.17, 15) is 4.79 Å². The quantitative estimate of drug-likeness (QED) is 0.536. The molecule has 0 spiro atoms. The molecule has 0 aliphatic rings. The minimum Gasteiger partial charge on any atom is -0.457 e. The summed E-state index contributed by atoms with van der Waals surface area (Å²) in [6, 6.07) is 16.7. The van der Waals surface area contributed by atoms with Gasteiger partial charge in [0.2, 0.25) is 0 Å². The van der Waals surface area contributed by atoms with Crippen molar-refractivity contribution >= 4 is 17.7 Å². The van der Waals surface area contributed by atoms with Crippen LogP contribution >= 0.6 is 11.8 Å². The number of carbonyl (C=O) groups excluding carboxylic acids is 1. The summed E-state index contributed by atoms with van der Waals surface area (Å²) in [4.78, 5) is 14.6. The molecule has 5 heteroatoms. The molecule has 0 saturated carbocycles. The standard InChI is InChI=1S/C18H21ClN2O2/c19-21-14-6-2-5-13-20-18(22)15-9-11-17(12-10-15)23-16-7-3-1-4-8-16/h1,3-4,7-12,21H,2,5-6,13-14H2,(H,20,22). The van der Waals surface area contributed by atoms with E-state index in [1.807, 2.05) is 30.3 Å². The molecule has 0 saturated heterocycles. The first-order chi connectivity index (χ1) is 11.3. The number of nitrogens with one attached hydrogen (secondary N) is 2. The predicted octanol–water partition coefficient (Wildman–Crippen LogP) is 4.12. The maximum absolute atomic E-state index is 12.0. The second kappa shape index (κ2) is 9.87. The molecule has 0 unspecified atom stereocenters. The third-order valence-electron chi connectivity index (χ3n) is 3.33. The largest absolute Gasteiger partial charge is 0.457 e. The minimum atomic E-state index is -0.0632. The summed E-state index contributed by atoms with van der Waals surface area (Å²) in [5.74, 6) is 1.42. The maximum atomic E-state index is 12.0. The number of benzene rings is 2. The van der Waals surface area contributed by atoms with Crippen molar-refractivity contribution in [3.05, 3.63) is 60.2 Å². The van der Waals surface area contributed by atoms with Gasteiger partial charge in [-0.15, -0.1) is 0 Å². The van der Waals surface area contributed by atoms with Gasteiger partial charge in [0.05, 0.1) is 0 Å². The van der Waals surface area contributed by atoms with Gasteiger partial charge >= 0.3 is 0 Å². The number of unbranched alkanes of at least 4 members (excludes halogenated alkanes) is 2. The van der Waals surface area contributed by atoms with Crippen LogP contribution in [0, 0.1) is 0 Å². The summed E-state index contributed by atoms with van der Waals surface area (Å²) in [7, 11) is 0. The van der Waals surface area contributed by atoms with Gasteiger partial charge in [-0.2, -0.15) is 0 Å². The van der Waals surface area contributed by atoms with Crippen molar-refractivity contribution < 1.29 is 9.53 Å². The van der Waals surface area contributed by atoms with Gasteiger partial charge in [0.15, 0.2) is 0 Å². The highest BCUT2D eigenvalue weighted by molar-refractivity contribution is 6.13. The molecule has 2 aromatic carbocycles. The van der Waals surface area contributed by atoms with Crippen molar-refractivity contribution in [3.63, 3.8) is 0 Å². The maximum Gasteiger partial charge on any atom is 0.251 e. The highest BCUT2D eigenvalue weighted by Gasteiger charge is 2.05. The molecule has 0 radical (unpaired) electrons. The molecule has 0 fully saturated rings. The Morgan fingerprint density at radius 2 is 1.52 bits per heavy atom. The third kappa shape index (κ3) is 6.30. The number of hydrogen-bond donors (Lipinski definition) is 2. The summed E-state index contributed by atoms with van der Waals surface area (Å²) in [5, 5.41) is 2.91. The smallest absolute Gasteiger partial charge is 0.251 e. The average molecular weight is 333 g/mol. The molecule has 2 rings (SSSR count). The average Bonchev–Trinajstić information content (AvgIpc) is 2.59. The molecule has 122 valence electrons. The van der Waals surface area contributed by atoms with Crippen molar-refractivity contribution in [2.75, 3.05) is 13.1 Å².